The Hall–Kier alpha value is -1.20. The molecule has 0 fully saturated rings. The average Bonchev–Trinajstić information content (AvgIpc) is 2.27. The van der Waals surface area contributed by atoms with Gasteiger partial charge in [-0.2, -0.15) is 0 Å². The summed E-state index contributed by atoms with van der Waals surface area (Å²) in [4.78, 5) is 0. The highest BCUT2D eigenvalue weighted by Crippen LogP contribution is 2.33. The van der Waals surface area contributed by atoms with Gasteiger partial charge in [0.15, 0.2) is 0 Å². The highest BCUT2D eigenvalue weighted by atomic mass is 19.3. The van der Waals surface area contributed by atoms with Crippen LogP contribution in [0.1, 0.15) is 24.2 Å². The number of likely N-dealkylation sites (N-methyl/N-ethyl adjacent to an activating group) is 1. The minimum absolute atomic E-state index is 0.136. The molecule has 0 saturated heterocycles. The molecule has 1 unspecified atom stereocenters. The van der Waals surface area contributed by atoms with E-state index in [0.29, 0.717) is 11.3 Å². The minimum atomic E-state index is -2.93. The number of alkyl halides is 2. The number of aliphatic hydroxyl groups is 1. The number of halogens is 2. The van der Waals surface area contributed by atoms with Crippen molar-refractivity contribution in [1.29, 1.82) is 0 Å². The van der Waals surface area contributed by atoms with Crippen LogP contribution in [0.25, 0.3) is 0 Å². The number of rotatable bonds is 5. The molecule has 3 nitrogen and oxygen atoms in total. The molecule has 0 aliphatic carbocycles. The van der Waals surface area contributed by atoms with Crippen molar-refractivity contribution in [3.63, 3.8) is 0 Å². The lowest BCUT2D eigenvalue weighted by Gasteiger charge is -2.18. The van der Waals surface area contributed by atoms with Gasteiger partial charge in [-0.05, 0) is 25.2 Å². The van der Waals surface area contributed by atoms with Crippen LogP contribution in [0.3, 0.4) is 0 Å². The van der Waals surface area contributed by atoms with Crippen LogP contribution < -0.4 is 10.1 Å². The van der Waals surface area contributed by atoms with E-state index >= 15 is 0 Å². The summed E-state index contributed by atoms with van der Waals surface area (Å²) in [6.07, 6.45) is -0.878. The summed E-state index contributed by atoms with van der Waals surface area (Å²) in [6.45, 7) is 1.10. The molecular formula is C12H17F2NO2. The van der Waals surface area contributed by atoms with E-state index < -0.39 is 12.0 Å². The van der Waals surface area contributed by atoms with Crippen molar-refractivity contribution in [1.82, 2.24) is 5.32 Å². The van der Waals surface area contributed by atoms with Crippen LogP contribution in [0.15, 0.2) is 18.2 Å². The summed E-state index contributed by atoms with van der Waals surface area (Å²) >= 11 is 0. The molecule has 0 saturated carbocycles. The van der Waals surface area contributed by atoms with Gasteiger partial charge < -0.3 is 15.2 Å². The normalized spacial score (nSPS) is 13.5. The lowest BCUT2D eigenvalue weighted by molar-refractivity contribution is 0.0171. The van der Waals surface area contributed by atoms with E-state index in [1.54, 1.807) is 7.05 Å². The molecule has 17 heavy (non-hydrogen) atoms. The van der Waals surface area contributed by atoms with Crippen LogP contribution in [-0.4, -0.2) is 25.8 Å². The van der Waals surface area contributed by atoms with Crippen molar-refractivity contribution in [2.45, 2.75) is 19.0 Å². The standard InChI is InChI=1S/C12H17F2NO2/c1-12(13,14)8-4-5-11(17-3)9(6-8)10(16)7-15-2/h4-6,10,15-16H,7H2,1-3H3. The SMILES string of the molecule is CNCC(O)c1cc(C(C)(F)F)ccc1OC. The third-order valence-electron chi connectivity index (χ3n) is 2.49. The zero-order valence-electron chi connectivity index (χ0n) is 10.1. The maximum absolute atomic E-state index is 13.2. The monoisotopic (exact) mass is 245 g/mol. The summed E-state index contributed by atoms with van der Waals surface area (Å²) in [5, 5.41) is 12.6. The van der Waals surface area contributed by atoms with E-state index in [1.807, 2.05) is 0 Å². The Balaban J connectivity index is 3.15. The number of benzene rings is 1. The second-order valence-electron chi connectivity index (χ2n) is 3.92. The number of methoxy groups -OCH3 is 1. The van der Waals surface area contributed by atoms with E-state index in [2.05, 4.69) is 5.32 Å². The van der Waals surface area contributed by atoms with Gasteiger partial charge in [0.05, 0.1) is 13.2 Å². The molecule has 0 bridgehead atoms. The van der Waals surface area contributed by atoms with Crippen molar-refractivity contribution < 1.29 is 18.6 Å². The Morgan fingerprint density at radius 2 is 2.12 bits per heavy atom. The van der Waals surface area contributed by atoms with Gasteiger partial charge in [0, 0.05) is 24.6 Å². The van der Waals surface area contributed by atoms with E-state index in [-0.39, 0.29) is 12.1 Å². The van der Waals surface area contributed by atoms with Crippen LogP contribution >= 0.6 is 0 Å². The largest absolute Gasteiger partial charge is 0.496 e. The van der Waals surface area contributed by atoms with Crippen molar-refractivity contribution in [2.75, 3.05) is 20.7 Å². The first-order chi connectivity index (χ1) is 7.90. The average molecular weight is 245 g/mol. The van der Waals surface area contributed by atoms with Crippen LogP contribution in [-0.2, 0) is 5.92 Å². The minimum Gasteiger partial charge on any atom is -0.496 e. The number of hydrogen-bond acceptors (Lipinski definition) is 3. The van der Waals surface area contributed by atoms with Crippen molar-refractivity contribution >= 4 is 0 Å². The summed E-state index contributed by atoms with van der Waals surface area (Å²) < 4.78 is 31.4. The van der Waals surface area contributed by atoms with Gasteiger partial charge in [-0.1, -0.05) is 0 Å². The molecule has 0 aliphatic heterocycles. The van der Waals surface area contributed by atoms with Gasteiger partial charge >= 0.3 is 0 Å². The van der Waals surface area contributed by atoms with E-state index in [4.69, 9.17) is 4.74 Å². The number of nitrogens with one attached hydrogen (secondary N) is 1. The van der Waals surface area contributed by atoms with Crippen LogP contribution in [0, 0.1) is 0 Å². The van der Waals surface area contributed by atoms with E-state index in [0.717, 1.165) is 6.92 Å². The van der Waals surface area contributed by atoms with Gasteiger partial charge in [-0.15, -0.1) is 0 Å². The van der Waals surface area contributed by atoms with Crippen molar-refractivity contribution in [3.8, 4) is 5.75 Å². The Kier molecular flexibility index (Phi) is 4.42. The molecule has 96 valence electrons. The first-order valence-corrected chi connectivity index (χ1v) is 5.29. The molecule has 0 aromatic heterocycles. The molecule has 1 aromatic carbocycles. The molecule has 0 amide bonds. The summed E-state index contributed by atoms with van der Waals surface area (Å²) in [5.74, 6) is -2.53. The second kappa shape index (κ2) is 5.42. The molecule has 0 aliphatic rings. The zero-order chi connectivity index (χ0) is 13.1. The lowest BCUT2D eigenvalue weighted by Crippen LogP contribution is -2.18. The molecule has 1 aromatic rings. The fourth-order valence-electron chi connectivity index (χ4n) is 1.57. The Morgan fingerprint density at radius 3 is 2.59 bits per heavy atom. The first kappa shape index (κ1) is 13.9. The van der Waals surface area contributed by atoms with Crippen molar-refractivity contribution in [3.05, 3.63) is 29.3 Å². The quantitative estimate of drug-likeness (QED) is 0.834. The number of aliphatic hydroxyl groups excluding tert-OH is 1. The summed E-state index contributed by atoms with van der Waals surface area (Å²) in [7, 11) is 3.11. The molecular weight excluding hydrogens is 228 g/mol. The fraction of sp³-hybridized carbons (Fsp3) is 0.500. The zero-order valence-corrected chi connectivity index (χ0v) is 10.1. The Labute approximate surface area is 99.4 Å². The van der Waals surface area contributed by atoms with Gasteiger partial charge in [-0.25, -0.2) is 8.78 Å². The highest BCUT2D eigenvalue weighted by Gasteiger charge is 2.26. The van der Waals surface area contributed by atoms with Gasteiger partial charge in [0.1, 0.15) is 5.75 Å². The molecule has 1 rings (SSSR count). The van der Waals surface area contributed by atoms with Gasteiger partial charge in [0.25, 0.3) is 5.92 Å². The second-order valence-corrected chi connectivity index (χ2v) is 3.92. The van der Waals surface area contributed by atoms with Crippen LogP contribution in [0.5, 0.6) is 5.75 Å². The van der Waals surface area contributed by atoms with Gasteiger partial charge in [-0.3, -0.25) is 0 Å². The molecule has 1 atom stereocenters. The maximum atomic E-state index is 13.2. The topological polar surface area (TPSA) is 41.5 Å². The summed E-state index contributed by atoms with van der Waals surface area (Å²) in [5.41, 5.74) is 0.226. The Morgan fingerprint density at radius 1 is 1.47 bits per heavy atom. The first-order valence-electron chi connectivity index (χ1n) is 5.29. The number of ether oxygens (including phenoxy) is 1. The predicted molar refractivity (Wildman–Crippen MR) is 61.4 cm³/mol. The molecule has 0 spiro atoms. The predicted octanol–water partition coefficient (Wildman–Crippen LogP) is 2.06. The van der Waals surface area contributed by atoms with E-state index in [1.165, 1.54) is 25.3 Å². The smallest absolute Gasteiger partial charge is 0.270 e. The Bertz CT molecular complexity index is 377. The fourth-order valence-corrected chi connectivity index (χ4v) is 1.57. The molecule has 5 heteroatoms. The molecule has 0 heterocycles. The van der Waals surface area contributed by atoms with Crippen molar-refractivity contribution in [2.24, 2.45) is 0 Å². The number of hydrogen-bond donors (Lipinski definition) is 2. The van der Waals surface area contributed by atoms with Crippen LogP contribution in [0.4, 0.5) is 8.78 Å². The van der Waals surface area contributed by atoms with Gasteiger partial charge in [0.2, 0.25) is 0 Å². The van der Waals surface area contributed by atoms with Crippen LogP contribution in [0.2, 0.25) is 0 Å². The molecule has 0 radical (unpaired) electrons. The lowest BCUT2D eigenvalue weighted by atomic mass is 10.0. The van der Waals surface area contributed by atoms with E-state index in [9.17, 15) is 13.9 Å². The summed E-state index contributed by atoms with van der Waals surface area (Å²) in [6, 6.07) is 4.02. The third kappa shape index (κ3) is 3.38. The molecule has 2 N–H and O–H groups in total. The highest BCUT2D eigenvalue weighted by molar-refractivity contribution is 5.40. The third-order valence-corrected chi connectivity index (χ3v) is 2.49. The maximum Gasteiger partial charge on any atom is 0.270 e.